The van der Waals surface area contributed by atoms with Crippen molar-refractivity contribution < 1.29 is 4.79 Å². The van der Waals surface area contributed by atoms with Gasteiger partial charge in [-0.15, -0.1) is 16.4 Å². The van der Waals surface area contributed by atoms with Crippen LogP contribution in [0.1, 0.15) is 13.8 Å². The van der Waals surface area contributed by atoms with E-state index in [4.69, 9.17) is 11.6 Å². The van der Waals surface area contributed by atoms with Gasteiger partial charge in [-0.1, -0.05) is 31.5 Å². The molecule has 0 fully saturated rings. The molecular formula is C19H18ClN5O3S. The highest BCUT2D eigenvalue weighted by Gasteiger charge is 2.20. The smallest absolute Gasteiger partial charge is 0.324 e. The lowest BCUT2D eigenvalue weighted by Crippen LogP contribution is -2.29. The van der Waals surface area contributed by atoms with Crippen molar-refractivity contribution in [2.45, 2.75) is 26.9 Å². The predicted molar refractivity (Wildman–Crippen MR) is 114 cm³/mol. The van der Waals surface area contributed by atoms with Gasteiger partial charge in [-0.3, -0.25) is 14.2 Å². The third-order valence-electron chi connectivity index (χ3n) is 4.34. The van der Waals surface area contributed by atoms with E-state index < -0.39 is 11.6 Å². The second-order valence-corrected chi connectivity index (χ2v) is 8.43. The molecule has 10 heteroatoms. The zero-order valence-corrected chi connectivity index (χ0v) is 17.3. The normalized spacial score (nSPS) is 11.6. The van der Waals surface area contributed by atoms with Gasteiger partial charge in [0.05, 0.1) is 5.52 Å². The summed E-state index contributed by atoms with van der Waals surface area (Å²) in [5, 5.41) is 9.25. The van der Waals surface area contributed by atoms with E-state index in [1.807, 2.05) is 13.8 Å². The van der Waals surface area contributed by atoms with Crippen LogP contribution in [0.4, 0.5) is 5.69 Å². The number of benzene rings is 1. The fraction of sp³-hybridized carbons (Fsp3) is 0.263. The highest BCUT2D eigenvalue weighted by molar-refractivity contribution is 7.17. The Morgan fingerprint density at radius 3 is 2.79 bits per heavy atom. The first-order chi connectivity index (χ1) is 13.8. The van der Waals surface area contributed by atoms with Crippen LogP contribution in [-0.2, 0) is 17.9 Å². The number of hydrogen-bond acceptors (Lipinski definition) is 5. The number of amides is 1. The quantitative estimate of drug-likeness (QED) is 0.526. The Bertz CT molecular complexity index is 1350. The Balaban J connectivity index is 1.78. The van der Waals surface area contributed by atoms with Crippen molar-refractivity contribution in [2.75, 3.05) is 5.32 Å². The van der Waals surface area contributed by atoms with Crippen molar-refractivity contribution in [3.8, 4) is 0 Å². The van der Waals surface area contributed by atoms with E-state index in [2.05, 4.69) is 10.4 Å². The number of anilines is 1. The van der Waals surface area contributed by atoms with Crippen molar-refractivity contribution in [3.05, 3.63) is 61.6 Å². The summed E-state index contributed by atoms with van der Waals surface area (Å²) >= 11 is 7.22. The molecule has 1 aromatic carbocycles. The molecule has 0 radical (unpaired) electrons. The van der Waals surface area contributed by atoms with Crippen LogP contribution in [0.5, 0.6) is 0 Å². The first kappa shape index (κ1) is 19.4. The number of halogens is 1. The molecule has 3 heterocycles. The summed E-state index contributed by atoms with van der Waals surface area (Å²) in [6.07, 6.45) is 0. The summed E-state index contributed by atoms with van der Waals surface area (Å²) in [6.45, 7) is 4.10. The van der Waals surface area contributed by atoms with Gasteiger partial charge in [-0.05, 0) is 35.6 Å². The van der Waals surface area contributed by atoms with Gasteiger partial charge in [0.1, 0.15) is 11.2 Å². The summed E-state index contributed by atoms with van der Waals surface area (Å²) in [4.78, 5) is 38.3. The predicted octanol–water partition coefficient (Wildman–Crippen LogP) is 2.82. The third kappa shape index (κ3) is 3.58. The lowest BCUT2D eigenvalue weighted by atomic mass is 10.2. The molecule has 29 heavy (non-hydrogen) atoms. The molecule has 1 N–H and O–H groups in total. The Morgan fingerprint density at radius 1 is 1.28 bits per heavy atom. The highest BCUT2D eigenvalue weighted by Crippen LogP contribution is 2.18. The molecule has 4 aromatic rings. The molecule has 0 saturated carbocycles. The molecule has 0 unspecified atom stereocenters. The minimum Gasteiger partial charge on any atom is -0.324 e. The van der Waals surface area contributed by atoms with Crippen LogP contribution < -0.4 is 16.6 Å². The van der Waals surface area contributed by atoms with Crippen LogP contribution in [0.25, 0.3) is 16.0 Å². The zero-order valence-electron chi connectivity index (χ0n) is 15.8. The largest absolute Gasteiger partial charge is 0.352 e. The van der Waals surface area contributed by atoms with Gasteiger partial charge in [0, 0.05) is 17.3 Å². The van der Waals surface area contributed by atoms with Gasteiger partial charge >= 0.3 is 5.69 Å². The van der Waals surface area contributed by atoms with E-state index in [1.165, 1.54) is 20.3 Å². The van der Waals surface area contributed by atoms with Crippen LogP contribution in [0.3, 0.4) is 0 Å². The van der Waals surface area contributed by atoms with Crippen molar-refractivity contribution in [1.29, 1.82) is 0 Å². The maximum Gasteiger partial charge on any atom is 0.352 e. The van der Waals surface area contributed by atoms with Gasteiger partial charge in [0.15, 0.2) is 0 Å². The van der Waals surface area contributed by atoms with E-state index in [-0.39, 0.29) is 23.8 Å². The molecular weight excluding hydrogens is 414 g/mol. The molecule has 4 rings (SSSR count). The number of carbonyl (C=O) groups is 1. The third-order valence-corrected chi connectivity index (χ3v) is 5.46. The second-order valence-electron chi connectivity index (χ2n) is 7.08. The lowest BCUT2D eigenvalue weighted by Gasteiger charge is -2.09. The van der Waals surface area contributed by atoms with Crippen molar-refractivity contribution in [3.63, 3.8) is 0 Å². The fourth-order valence-corrected chi connectivity index (χ4v) is 4.18. The van der Waals surface area contributed by atoms with E-state index >= 15 is 0 Å². The van der Waals surface area contributed by atoms with Crippen LogP contribution in [0.15, 0.2) is 45.3 Å². The molecule has 3 aromatic heterocycles. The number of aromatic nitrogens is 4. The van der Waals surface area contributed by atoms with Gasteiger partial charge in [-0.25, -0.2) is 13.9 Å². The number of fused-ring (bicyclic) bond motifs is 3. The lowest BCUT2D eigenvalue weighted by molar-refractivity contribution is -0.117. The van der Waals surface area contributed by atoms with Gasteiger partial charge in [0.2, 0.25) is 11.7 Å². The Hall–Kier alpha value is -2.91. The molecule has 8 nitrogen and oxygen atoms in total. The van der Waals surface area contributed by atoms with Crippen molar-refractivity contribution >= 4 is 50.5 Å². The Labute approximate surface area is 174 Å². The molecule has 0 bridgehead atoms. The molecule has 0 atom stereocenters. The van der Waals surface area contributed by atoms with Crippen LogP contribution in [0, 0.1) is 5.92 Å². The number of hydrogen-bond donors (Lipinski definition) is 1. The van der Waals surface area contributed by atoms with Gasteiger partial charge in [0.25, 0.3) is 5.56 Å². The maximum absolute atomic E-state index is 13.0. The highest BCUT2D eigenvalue weighted by atomic mass is 35.5. The molecule has 150 valence electrons. The minimum absolute atomic E-state index is 0.181. The molecule has 0 saturated heterocycles. The van der Waals surface area contributed by atoms with E-state index in [1.54, 1.807) is 35.7 Å². The van der Waals surface area contributed by atoms with Gasteiger partial charge in [-0.2, -0.15) is 0 Å². The Kier molecular flexibility index (Phi) is 5.01. The van der Waals surface area contributed by atoms with Crippen LogP contribution in [-0.4, -0.2) is 24.7 Å². The number of rotatable bonds is 5. The van der Waals surface area contributed by atoms with E-state index in [0.29, 0.717) is 27.5 Å². The average molecular weight is 432 g/mol. The summed E-state index contributed by atoms with van der Waals surface area (Å²) in [6, 6.07) is 8.44. The summed E-state index contributed by atoms with van der Waals surface area (Å²) < 4.78 is 4.45. The first-order valence-corrected chi connectivity index (χ1v) is 10.3. The van der Waals surface area contributed by atoms with Crippen molar-refractivity contribution in [1.82, 2.24) is 18.7 Å². The number of nitrogens with zero attached hydrogens (tertiary/aromatic N) is 4. The Morgan fingerprint density at radius 2 is 2.07 bits per heavy atom. The molecule has 1 amide bonds. The summed E-state index contributed by atoms with van der Waals surface area (Å²) in [5.74, 6) is -0.00691. The fourth-order valence-electron chi connectivity index (χ4n) is 3.17. The topological polar surface area (TPSA) is 90.4 Å². The molecule has 0 spiro atoms. The first-order valence-electron chi connectivity index (χ1n) is 9.00. The monoisotopic (exact) mass is 431 g/mol. The van der Waals surface area contributed by atoms with E-state index in [9.17, 15) is 14.4 Å². The molecule has 0 aliphatic rings. The second kappa shape index (κ2) is 7.49. The van der Waals surface area contributed by atoms with Crippen molar-refractivity contribution in [2.24, 2.45) is 5.92 Å². The van der Waals surface area contributed by atoms with Gasteiger partial charge < -0.3 is 5.32 Å². The summed E-state index contributed by atoms with van der Waals surface area (Å²) in [5.41, 5.74) is 0.372. The number of thiophene rings is 1. The SMILES string of the molecule is CC(C)Cn1c(=O)c2sccc2n2c(=O)n(CC(=O)Nc3cccc(Cl)c3)nc12. The standard InChI is InChI=1S/C19H18ClN5O3S/c1-11(2)9-23-17(27)16-14(6-7-29-16)25-18(23)22-24(19(25)28)10-15(26)21-13-5-3-4-12(20)8-13/h3-8,11H,9-10H2,1-2H3,(H,21,26). The van der Waals surface area contributed by atoms with Crippen LogP contribution >= 0.6 is 22.9 Å². The maximum atomic E-state index is 13.0. The minimum atomic E-state index is -0.470. The van der Waals surface area contributed by atoms with Crippen LogP contribution in [0.2, 0.25) is 5.02 Å². The van der Waals surface area contributed by atoms with E-state index in [0.717, 1.165) is 4.68 Å². The number of nitrogens with one attached hydrogen (secondary N) is 1. The number of carbonyl (C=O) groups excluding carboxylic acids is 1. The summed E-state index contributed by atoms with van der Waals surface area (Å²) in [7, 11) is 0. The molecule has 0 aliphatic heterocycles. The zero-order chi connectivity index (χ0) is 20.7. The molecule has 0 aliphatic carbocycles. The average Bonchev–Trinajstić information content (AvgIpc) is 3.24.